The summed E-state index contributed by atoms with van der Waals surface area (Å²) in [5, 5.41) is 15.0. The molecule has 14 heteroatoms. The van der Waals surface area contributed by atoms with Gasteiger partial charge in [0, 0.05) is 83.6 Å². The minimum absolute atomic E-state index is 0.0212. The summed E-state index contributed by atoms with van der Waals surface area (Å²) >= 11 is 0. The van der Waals surface area contributed by atoms with Gasteiger partial charge in [-0.25, -0.2) is 24.2 Å². The molecule has 3 saturated heterocycles. The predicted octanol–water partition coefficient (Wildman–Crippen LogP) is 3.55. The van der Waals surface area contributed by atoms with Gasteiger partial charge in [0.05, 0.1) is 18.8 Å². The van der Waals surface area contributed by atoms with Crippen LogP contribution in [0.4, 0.5) is 15.0 Å². The number of hydrogen-bond donors (Lipinski definition) is 2. The number of halogens is 1. The molecule has 0 aliphatic carbocycles. The maximum atomic E-state index is 13.7. The van der Waals surface area contributed by atoms with Crippen molar-refractivity contribution in [1.29, 1.82) is 0 Å². The number of anilines is 1. The number of amides is 3. The zero-order chi connectivity index (χ0) is 39.5. The van der Waals surface area contributed by atoms with Gasteiger partial charge in [0.2, 0.25) is 5.91 Å². The lowest BCUT2D eigenvalue weighted by Crippen LogP contribution is -2.70. The minimum atomic E-state index is -0.692. The summed E-state index contributed by atoms with van der Waals surface area (Å²) in [6.45, 7) is 17.8. The molecule has 0 radical (unpaired) electrons. The van der Waals surface area contributed by atoms with E-state index in [0.717, 1.165) is 62.4 Å². The molecule has 55 heavy (non-hydrogen) atoms. The Bertz CT molecular complexity index is 1730. The number of likely N-dealkylation sites (N-methyl/N-ethyl adjacent to an activating group) is 1. The Labute approximate surface area is 324 Å². The van der Waals surface area contributed by atoms with E-state index >= 15 is 0 Å². The van der Waals surface area contributed by atoms with Crippen molar-refractivity contribution in [3.8, 4) is 5.75 Å². The number of pyridine rings is 1. The first-order valence-corrected chi connectivity index (χ1v) is 19.0. The molecular formula is C41H56FN9O4. The van der Waals surface area contributed by atoms with Crippen molar-refractivity contribution in [1.82, 2.24) is 39.9 Å². The molecular weight excluding hydrogens is 702 g/mol. The number of carbonyl (C=O) groups is 3. The first kappa shape index (κ1) is 41.3. The van der Waals surface area contributed by atoms with Gasteiger partial charge in [0.25, 0.3) is 0 Å². The van der Waals surface area contributed by atoms with E-state index in [1.165, 1.54) is 17.0 Å². The molecule has 2 N–H and O–H groups in total. The van der Waals surface area contributed by atoms with Crippen LogP contribution in [0.5, 0.6) is 5.75 Å². The second kappa shape index (κ2) is 19.6. The normalized spacial score (nSPS) is 18.6. The van der Waals surface area contributed by atoms with Crippen molar-refractivity contribution < 1.29 is 23.9 Å². The number of phenolic OH excluding ortho intramolecular Hbond substituents is 1. The molecule has 0 spiro atoms. The van der Waals surface area contributed by atoms with Crippen LogP contribution in [-0.4, -0.2) is 149 Å². The van der Waals surface area contributed by atoms with Crippen molar-refractivity contribution in [2.45, 2.75) is 52.1 Å². The molecule has 0 saturated carbocycles. The van der Waals surface area contributed by atoms with Crippen molar-refractivity contribution in [2.75, 3.05) is 77.4 Å². The number of aldehydes is 1. The third-order valence-corrected chi connectivity index (χ3v) is 10.3. The summed E-state index contributed by atoms with van der Waals surface area (Å²) < 4.78 is 12.4. The molecule has 1 aromatic heterocycles. The molecule has 3 aliphatic heterocycles. The highest BCUT2D eigenvalue weighted by Crippen LogP contribution is 2.25. The Kier molecular flexibility index (Phi) is 14.7. The molecule has 3 fully saturated rings. The summed E-state index contributed by atoms with van der Waals surface area (Å²) in [6.07, 6.45) is 1.69. The number of hydrogen-bond acceptors (Lipinski definition) is 10. The molecule has 3 aliphatic rings. The Hall–Kier alpha value is -4.89. The highest BCUT2D eigenvalue weighted by molar-refractivity contribution is 5.84. The van der Waals surface area contributed by atoms with Crippen LogP contribution in [0.25, 0.3) is 0 Å². The smallest absolute Gasteiger partial charge is 0.334 e. The molecule has 3 amide bonds. The lowest BCUT2D eigenvalue weighted by molar-refractivity contribution is -0.167. The average molecular weight is 758 g/mol. The summed E-state index contributed by atoms with van der Waals surface area (Å²) in [5.41, 5.74) is 2.42. The van der Waals surface area contributed by atoms with Crippen molar-refractivity contribution in [3.05, 3.63) is 102 Å². The van der Waals surface area contributed by atoms with E-state index in [1.807, 2.05) is 54.4 Å². The molecule has 1 unspecified atom stereocenters. The van der Waals surface area contributed by atoms with Gasteiger partial charge in [-0.2, -0.15) is 0 Å². The molecule has 1 atom stereocenters. The van der Waals surface area contributed by atoms with E-state index in [9.17, 15) is 18.8 Å². The summed E-state index contributed by atoms with van der Waals surface area (Å²) in [6, 6.07) is 20.7. The number of urea groups is 1. The number of carbonyl (C=O) groups excluding carboxylic acids is 3. The Morgan fingerprint density at radius 2 is 1.78 bits per heavy atom. The number of nitrogens with one attached hydrogen (secondary N) is 1. The number of hydrazine groups is 1. The molecule has 0 bridgehead atoms. The maximum Gasteiger partial charge on any atom is 0.334 e. The van der Waals surface area contributed by atoms with E-state index in [4.69, 9.17) is 10.1 Å². The highest BCUT2D eigenvalue weighted by Gasteiger charge is 2.42. The van der Waals surface area contributed by atoms with Crippen molar-refractivity contribution in [3.63, 3.8) is 0 Å². The Morgan fingerprint density at radius 1 is 1.05 bits per heavy atom. The van der Waals surface area contributed by atoms with E-state index in [0.29, 0.717) is 50.1 Å². The van der Waals surface area contributed by atoms with Gasteiger partial charge in [0.1, 0.15) is 29.8 Å². The first-order chi connectivity index (χ1) is 26.5. The third-order valence-electron chi connectivity index (χ3n) is 10.3. The van der Waals surface area contributed by atoms with Crippen LogP contribution in [0.15, 0.2) is 79.4 Å². The maximum absolute atomic E-state index is 13.7. The van der Waals surface area contributed by atoms with Crippen molar-refractivity contribution >= 4 is 24.0 Å². The quantitative estimate of drug-likeness (QED) is 0.198. The second-order valence-electron chi connectivity index (χ2n) is 14.7. The van der Waals surface area contributed by atoms with Gasteiger partial charge in [-0.3, -0.25) is 19.5 Å². The van der Waals surface area contributed by atoms with Crippen LogP contribution >= 0.6 is 0 Å². The zero-order valence-corrected chi connectivity index (χ0v) is 32.6. The van der Waals surface area contributed by atoms with Gasteiger partial charge < -0.3 is 25.0 Å². The summed E-state index contributed by atoms with van der Waals surface area (Å²) in [4.78, 5) is 54.5. The number of aryl methyl sites for hydroxylation is 1. The van der Waals surface area contributed by atoms with E-state index < -0.39 is 6.17 Å². The van der Waals surface area contributed by atoms with Gasteiger partial charge >= 0.3 is 6.03 Å². The lowest BCUT2D eigenvalue weighted by atomic mass is 10.1. The number of nitrogens with zero attached hydrogens (tertiary/aromatic N) is 8. The number of aromatic nitrogens is 1. The number of phenols is 1. The van der Waals surface area contributed by atoms with Crippen LogP contribution in [0.1, 0.15) is 30.7 Å². The third kappa shape index (κ3) is 11.1. The largest absolute Gasteiger partial charge is 0.508 e. The molecule has 6 rings (SSSR count). The van der Waals surface area contributed by atoms with Gasteiger partial charge in [-0.1, -0.05) is 48.5 Å². The fraction of sp³-hybridized carbons (Fsp3) is 0.463. The molecule has 296 valence electrons. The number of benzene rings is 2. The van der Waals surface area contributed by atoms with Crippen LogP contribution in [0.2, 0.25) is 0 Å². The predicted molar refractivity (Wildman–Crippen MR) is 212 cm³/mol. The highest BCUT2D eigenvalue weighted by atomic mass is 19.1. The van der Waals surface area contributed by atoms with E-state index in [-0.39, 0.29) is 36.6 Å². The standard InChI is InChI=1S/C34H49N9O3.C7H7FO/c1-5-14-41-26-33(45)42(19-20-44)32(43(41)34(46)35-21-28-10-7-6-8-11-28)25-37(4)22-29-12-9-13-31(36-29)40-23-30(24-40)39-17-15-38(16-18-39)27(2)3;1-5-2-3-6(9)4-7(5)8/h5-13,20,27,30,32H,1,14-19,21-26H2,2-4H3,(H,35,46);2-4,9H,1H3. The zero-order valence-electron chi connectivity index (χ0n) is 32.6. The lowest BCUT2D eigenvalue weighted by Gasteiger charge is -2.49. The Balaban J connectivity index is 0.000000566. The van der Waals surface area contributed by atoms with Gasteiger partial charge in [0.15, 0.2) is 0 Å². The monoisotopic (exact) mass is 757 g/mol. The summed E-state index contributed by atoms with van der Waals surface area (Å²) in [5.74, 6) is 0.364. The fourth-order valence-electron chi connectivity index (χ4n) is 7.13. The van der Waals surface area contributed by atoms with Crippen LogP contribution in [0.3, 0.4) is 0 Å². The van der Waals surface area contributed by atoms with E-state index in [1.54, 1.807) is 23.0 Å². The SMILES string of the molecule is C=CCN1CC(=O)N(CC=O)C(CN(C)Cc2cccc(N3CC(N4CCN(C(C)C)CC4)C3)n2)N1C(=O)NCc1ccccc1.Cc1ccc(O)cc1F. The number of piperazine rings is 1. The Morgan fingerprint density at radius 3 is 2.42 bits per heavy atom. The van der Waals surface area contributed by atoms with Gasteiger partial charge in [-0.05, 0) is 57.1 Å². The van der Waals surface area contributed by atoms with Crippen LogP contribution < -0.4 is 10.2 Å². The van der Waals surface area contributed by atoms with Crippen molar-refractivity contribution in [2.24, 2.45) is 0 Å². The first-order valence-electron chi connectivity index (χ1n) is 19.0. The number of rotatable bonds is 13. The molecule has 13 nitrogen and oxygen atoms in total. The van der Waals surface area contributed by atoms with Gasteiger partial charge in [-0.15, -0.1) is 6.58 Å². The summed E-state index contributed by atoms with van der Waals surface area (Å²) in [7, 11) is 1.95. The number of aromatic hydroxyl groups is 1. The topological polar surface area (TPSA) is 119 Å². The van der Waals surface area contributed by atoms with Crippen LogP contribution in [-0.2, 0) is 22.7 Å². The van der Waals surface area contributed by atoms with Crippen LogP contribution in [0, 0.1) is 12.7 Å². The second-order valence-corrected chi connectivity index (χ2v) is 14.7. The molecule has 3 aromatic rings. The molecule has 2 aromatic carbocycles. The molecule has 4 heterocycles. The minimum Gasteiger partial charge on any atom is -0.508 e. The fourth-order valence-corrected chi connectivity index (χ4v) is 7.13. The van der Waals surface area contributed by atoms with E-state index in [2.05, 4.69) is 46.5 Å². The average Bonchev–Trinajstić information content (AvgIpc) is 3.14.